The molecule has 0 N–H and O–H groups in total. The van der Waals surface area contributed by atoms with Gasteiger partial charge in [-0.1, -0.05) is 46.3 Å². The van der Waals surface area contributed by atoms with Gasteiger partial charge in [-0.05, 0) is 28.8 Å². The summed E-state index contributed by atoms with van der Waals surface area (Å²) in [7, 11) is 1.42. The molecule has 3 heteroatoms. The Bertz CT molecular complexity index is 549. The average Bonchev–Trinajstić information content (AvgIpc) is 2.38. The third-order valence-corrected chi connectivity index (χ3v) is 3.48. The van der Waals surface area contributed by atoms with E-state index in [1.807, 2.05) is 18.2 Å². The molecule has 0 aliphatic heterocycles. The number of fused-ring (bicyclic) bond motifs is 1. The Labute approximate surface area is 109 Å². The molecular formula is C14H13BrO2. The second-order valence-corrected chi connectivity index (χ2v) is 4.68. The number of hydrogen-bond acceptors (Lipinski definition) is 2. The van der Waals surface area contributed by atoms with E-state index >= 15 is 0 Å². The zero-order valence-electron chi connectivity index (χ0n) is 9.57. The maximum absolute atomic E-state index is 11.2. The first-order valence-electron chi connectivity index (χ1n) is 5.45. The summed E-state index contributed by atoms with van der Waals surface area (Å²) in [6.07, 6.45) is 1.13. The molecule has 0 fully saturated rings. The second kappa shape index (κ2) is 5.32. The highest BCUT2D eigenvalue weighted by atomic mass is 79.9. The van der Waals surface area contributed by atoms with Crippen LogP contribution in [0.2, 0.25) is 0 Å². The molecule has 0 saturated carbocycles. The largest absolute Gasteiger partial charge is 0.469 e. The molecule has 2 aromatic rings. The van der Waals surface area contributed by atoms with Crippen LogP contribution in [-0.2, 0) is 16.0 Å². The van der Waals surface area contributed by atoms with Crippen LogP contribution in [0.25, 0.3) is 10.8 Å². The van der Waals surface area contributed by atoms with Gasteiger partial charge >= 0.3 is 5.97 Å². The minimum absolute atomic E-state index is 0.169. The van der Waals surface area contributed by atoms with E-state index in [0.717, 1.165) is 4.47 Å². The number of carbonyl (C=O) groups excluding carboxylic acids is 1. The summed E-state index contributed by atoms with van der Waals surface area (Å²) in [6.45, 7) is 0. The van der Waals surface area contributed by atoms with E-state index in [0.29, 0.717) is 12.8 Å². The van der Waals surface area contributed by atoms with Gasteiger partial charge in [-0.2, -0.15) is 0 Å². The first-order valence-corrected chi connectivity index (χ1v) is 6.24. The maximum atomic E-state index is 11.2. The first kappa shape index (κ1) is 12.1. The van der Waals surface area contributed by atoms with Crippen LogP contribution >= 0.6 is 15.9 Å². The highest BCUT2D eigenvalue weighted by Crippen LogP contribution is 2.27. The lowest BCUT2D eigenvalue weighted by Gasteiger charge is -2.07. The SMILES string of the molecule is COC(=O)CCc1ccc(Br)c2ccccc12. The summed E-state index contributed by atoms with van der Waals surface area (Å²) in [6, 6.07) is 12.2. The van der Waals surface area contributed by atoms with Crippen LogP contribution in [0, 0.1) is 0 Å². The predicted octanol–water partition coefficient (Wildman–Crippen LogP) is 3.71. The van der Waals surface area contributed by atoms with Crippen molar-refractivity contribution in [2.45, 2.75) is 12.8 Å². The summed E-state index contributed by atoms with van der Waals surface area (Å²) in [5.41, 5.74) is 1.18. The molecule has 2 aromatic carbocycles. The number of halogens is 1. The molecule has 0 spiro atoms. The van der Waals surface area contributed by atoms with Crippen molar-refractivity contribution in [2.24, 2.45) is 0 Å². The Morgan fingerprint density at radius 3 is 2.59 bits per heavy atom. The molecule has 0 amide bonds. The van der Waals surface area contributed by atoms with Crippen LogP contribution in [-0.4, -0.2) is 13.1 Å². The molecule has 2 rings (SSSR count). The zero-order valence-corrected chi connectivity index (χ0v) is 11.2. The number of aryl methyl sites for hydroxylation is 1. The van der Waals surface area contributed by atoms with Gasteiger partial charge in [0.05, 0.1) is 7.11 Å². The Kier molecular flexibility index (Phi) is 3.79. The standard InChI is InChI=1S/C14H13BrO2/c1-17-14(16)9-7-10-6-8-13(15)12-5-3-2-4-11(10)12/h2-6,8H,7,9H2,1H3. The van der Waals surface area contributed by atoms with Crippen molar-refractivity contribution in [3.05, 3.63) is 46.4 Å². The third-order valence-electron chi connectivity index (χ3n) is 2.79. The van der Waals surface area contributed by atoms with Gasteiger partial charge in [-0.15, -0.1) is 0 Å². The van der Waals surface area contributed by atoms with E-state index in [4.69, 9.17) is 0 Å². The minimum Gasteiger partial charge on any atom is -0.469 e. The van der Waals surface area contributed by atoms with Crippen LogP contribution in [0.15, 0.2) is 40.9 Å². The third kappa shape index (κ3) is 2.67. The smallest absolute Gasteiger partial charge is 0.305 e. The summed E-state index contributed by atoms with van der Waals surface area (Å²) in [4.78, 5) is 11.2. The van der Waals surface area contributed by atoms with Gasteiger partial charge in [0, 0.05) is 10.9 Å². The van der Waals surface area contributed by atoms with Crippen LogP contribution in [0.3, 0.4) is 0 Å². The number of rotatable bonds is 3. The Morgan fingerprint density at radius 1 is 1.18 bits per heavy atom. The number of benzene rings is 2. The number of hydrogen-bond donors (Lipinski definition) is 0. The summed E-state index contributed by atoms with van der Waals surface area (Å²) < 4.78 is 5.74. The molecule has 2 nitrogen and oxygen atoms in total. The van der Waals surface area contributed by atoms with Crippen molar-refractivity contribution in [3.63, 3.8) is 0 Å². The number of esters is 1. The lowest BCUT2D eigenvalue weighted by Crippen LogP contribution is -2.02. The molecule has 17 heavy (non-hydrogen) atoms. The topological polar surface area (TPSA) is 26.3 Å². The van der Waals surface area contributed by atoms with E-state index < -0.39 is 0 Å². The van der Waals surface area contributed by atoms with Gasteiger partial charge in [0.2, 0.25) is 0 Å². The first-order chi connectivity index (χ1) is 8.22. The number of ether oxygens (including phenoxy) is 1. The highest BCUT2D eigenvalue weighted by Gasteiger charge is 2.06. The molecule has 0 bridgehead atoms. The van der Waals surface area contributed by atoms with E-state index in [2.05, 4.69) is 38.9 Å². The molecular weight excluding hydrogens is 280 g/mol. The molecule has 0 radical (unpaired) electrons. The fourth-order valence-electron chi connectivity index (χ4n) is 1.88. The van der Waals surface area contributed by atoms with Crippen molar-refractivity contribution in [2.75, 3.05) is 7.11 Å². The maximum Gasteiger partial charge on any atom is 0.305 e. The summed E-state index contributed by atoms with van der Waals surface area (Å²) in [5, 5.41) is 2.36. The Hall–Kier alpha value is -1.35. The predicted molar refractivity (Wildman–Crippen MR) is 72.0 cm³/mol. The van der Waals surface area contributed by atoms with Gasteiger partial charge in [0.25, 0.3) is 0 Å². The van der Waals surface area contributed by atoms with E-state index in [1.54, 1.807) is 0 Å². The number of carbonyl (C=O) groups is 1. The highest BCUT2D eigenvalue weighted by molar-refractivity contribution is 9.10. The normalized spacial score (nSPS) is 10.5. The molecule has 0 aliphatic carbocycles. The quantitative estimate of drug-likeness (QED) is 0.806. The van der Waals surface area contributed by atoms with Crippen molar-refractivity contribution in [3.8, 4) is 0 Å². The van der Waals surface area contributed by atoms with Gasteiger partial charge in [-0.25, -0.2) is 0 Å². The van der Waals surface area contributed by atoms with Crippen LogP contribution in [0.1, 0.15) is 12.0 Å². The zero-order chi connectivity index (χ0) is 12.3. The summed E-state index contributed by atoms with van der Waals surface area (Å²) >= 11 is 3.53. The fourth-order valence-corrected chi connectivity index (χ4v) is 2.36. The molecule has 0 aliphatic rings. The van der Waals surface area contributed by atoms with E-state index in [9.17, 15) is 4.79 Å². The van der Waals surface area contributed by atoms with Crippen LogP contribution in [0.4, 0.5) is 0 Å². The van der Waals surface area contributed by atoms with E-state index in [1.165, 1.54) is 23.4 Å². The van der Waals surface area contributed by atoms with Gasteiger partial charge < -0.3 is 4.74 Å². The Balaban J connectivity index is 2.35. The minimum atomic E-state index is -0.169. The van der Waals surface area contributed by atoms with Gasteiger partial charge in [0.1, 0.15) is 0 Å². The summed E-state index contributed by atoms with van der Waals surface area (Å²) in [5.74, 6) is -0.169. The van der Waals surface area contributed by atoms with Crippen molar-refractivity contribution in [1.29, 1.82) is 0 Å². The van der Waals surface area contributed by atoms with Crippen molar-refractivity contribution < 1.29 is 9.53 Å². The molecule has 0 atom stereocenters. The molecule has 0 saturated heterocycles. The van der Waals surface area contributed by atoms with E-state index in [-0.39, 0.29) is 5.97 Å². The Morgan fingerprint density at radius 2 is 1.88 bits per heavy atom. The van der Waals surface area contributed by atoms with Gasteiger partial charge in [0.15, 0.2) is 0 Å². The molecule has 0 heterocycles. The van der Waals surface area contributed by atoms with Crippen LogP contribution in [0.5, 0.6) is 0 Å². The van der Waals surface area contributed by atoms with Crippen molar-refractivity contribution in [1.82, 2.24) is 0 Å². The molecule has 0 aromatic heterocycles. The molecule has 88 valence electrons. The lowest BCUT2D eigenvalue weighted by atomic mass is 10.0. The average molecular weight is 293 g/mol. The van der Waals surface area contributed by atoms with Gasteiger partial charge in [-0.3, -0.25) is 4.79 Å². The monoisotopic (exact) mass is 292 g/mol. The van der Waals surface area contributed by atoms with Crippen molar-refractivity contribution >= 4 is 32.7 Å². The molecule has 0 unspecified atom stereocenters. The fraction of sp³-hybridized carbons (Fsp3) is 0.214. The van der Waals surface area contributed by atoms with Crippen LogP contribution < -0.4 is 0 Å². The second-order valence-electron chi connectivity index (χ2n) is 3.83. The number of methoxy groups -OCH3 is 1. The lowest BCUT2D eigenvalue weighted by molar-refractivity contribution is -0.140.